The molecule has 0 bridgehead atoms. The molecule has 0 saturated carbocycles. The number of methoxy groups -OCH3 is 1. The largest absolute Gasteiger partial charge is 0.383 e. The van der Waals surface area contributed by atoms with Gasteiger partial charge in [-0.05, 0) is 43.9 Å². The van der Waals surface area contributed by atoms with E-state index in [-0.39, 0.29) is 17.6 Å². The lowest BCUT2D eigenvalue weighted by molar-refractivity contribution is 0.0931. The Morgan fingerprint density at radius 1 is 1.30 bits per heavy atom. The molecule has 2 heterocycles. The monoisotopic (exact) mass is 390 g/mol. The molecule has 1 aliphatic rings. The summed E-state index contributed by atoms with van der Waals surface area (Å²) < 4.78 is 6.80. The number of benzene rings is 1. The second kappa shape index (κ2) is 8.54. The number of carbonyl (C=O) groups excluding carboxylic acids is 2. The van der Waals surface area contributed by atoms with Gasteiger partial charge in [-0.25, -0.2) is 4.98 Å². The first-order chi connectivity index (χ1) is 13.0. The molecular weight excluding hydrogens is 368 g/mol. The number of hydrogen-bond donors (Lipinski definition) is 2. The van der Waals surface area contributed by atoms with E-state index in [1.165, 1.54) is 0 Å². The van der Waals surface area contributed by atoms with Gasteiger partial charge in [-0.1, -0.05) is 17.7 Å². The van der Waals surface area contributed by atoms with Crippen LogP contribution in [0.3, 0.4) is 0 Å². The zero-order chi connectivity index (χ0) is 19.4. The number of fused-ring (bicyclic) bond motifs is 1. The van der Waals surface area contributed by atoms with Crippen molar-refractivity contribution in [2.45, 2.75) is 32.7 Å². The van der Waals surface area contributed by atoms with Crippen LogP contribution < -0.4 is 10.6 Å². The molecule has 2 N–H and O–H groups in total. The van der Waals surface area contributed by atoms with Crippen LogP contribution in [0.5, 0.6) is 0 Å². The maximum absolute atomic E-state index is 12.8. The van der Waals surface area contributed by atoms with E-state index in [9.17, 15) is 9.59 Å². The molecule has 0 radical (unpaired) electrons. The second-order valence-electron chi connectivity index (χ2n) is 6.51. The van der Waals surface area contributed by atoms with E-state index in [2.05, 4.69) is 15.6 Å². The third-order valence-corrected chi connectivity index (χ3v) is 4.96. The van der Waals surface area contributed by atoms with Crippen LogP contribution in [0, 0.1) is 6.92 Å². The summed E-state index contributed by atoms with van der Waals surface area (Å²) in [6.45, 7) is 3.38. The Hall–Kier alpha value is -2.38. The topological polar surface area (TPSA) is 85.2 Å². The van der Waals surface area contributed by atoms with Gasteiger partial charge in [-0.2, -0.15) is 0 Å². The van der Waals surface area contributed by atoms with Crippen molar-refractivity contribution < 1.29 is 14.3 Å². The summed E-state index contributed by atoms with van der Waals surface area (Å²) in [7, 11) is 1.57. The summed E-state index contributed by atoms with van der Waals surface area (Å²) in [5, 5.41) is 6.18. The molecule has 0 unspecified atom stereocenters. The van der Waals surface area contributed by atoms with Crippen molar-refractivity contribution in [1.82, 2.24) is 14.9 Å². The molecule has 0 spiro atoms. The van der Waals surface area contributed by atoms with Crippen LogP contribution in [0.1, 0.15) is 45.2 Å². The third kappa shape index (κ3) is 4.31. The van der Waals surface area contributed by atoms with E-state index in [1.54, 1.807) is 19.2 Å². The lowest BCUT2D eigenvalue weighted by atomic mass is 10.1. The normalized spacial score (nSPS) is 13.1. The highest BCUT2D eigenvalue weighted by molar-refractivity contribution is 6.31. The smallest absolute Gasteiger partial charge is 0.291 e. The minimum Gasteiger partial charge on any atom is -0.383 e. The number of imidazole rings is 1. The van der Waals surface area contributed by atoms with E-state index in [0.717, 1.165) is 30.5 Å². The van der Waals surface area contributed by atoms with Crippen molar-refractivity contribution in [3.63, 3.8) is 0 Å². The van der Waals surface area contributed by atoms with Crippen LogP contribution in [0.2, 0.25) is 5.02 Å². The maximum atomic E-state index is 12.8. The van der Waals surface area contributed by atoms with Crippen LogP contribution in [0.4, 0.5) is 5.69 Å². The molecular formula is C19H23ClN4O3. The van der Waals surface area contributed by atoms with Crippen molar-refractivity contribution in [3.8, 4) is 0 Å². The van der Waals surface area contributed by atoms with E-state index in [4.69, 9.17) is 16.3 Å². The van der Waals surface area contributed by atoms with Crippen LogP contribution in [-0.2, 0) is 17.7 Å². The zero-order valence-corrected chi connectivity index (χ0v) is 16.2. The van der Waals surface area contributed by atoms with Gasteiger partial charge in [0.25, 0.3) is 11.8 Å². The number of amides is 2. The number of ether oxygens (including phenoxy) is 1. The number of nitrogens with zero attached hydrogens (tertiary/aromatic N) is 2. The van der Waals surface area contributed by atoms with Gasteiger partial charge in [-0.3, -0.25) is 9.59 Å². The lowest BCUT2D eigenvalue weighted by Crippen LogP contribution is -2.28. The van der Waals surface area contributed by atoms with Crippen LogP contribution in [0.25, 0.3) is 0 Å². The fourth-order valence-corrected chi connectivity index (χ4v) is 3.29. The highest BCUT2D eigenvalue weighted by Crippen LogP contribution is 2.23. The number of rotatable bonds is 6. The molecule has 2 aromatic rings. The average molecular weight is 391 g/mol. The molecule has 2 amide bonds. The Kier molecular flexibility index (Phi) is 6.13. The molecule has 0 atom stereocenters. The van der Waals surface area contributed by atoms with Crippen LogP contribution in [-0.4, -0.2) is 41.6 Å². The third-order valence-electron chi connectivity index (χ3n) is 4.56. The predicted molar refractivity (Wildman–Crippen MR) is 104 cm³/mol. The van der Waals surface area contributed by atoms with Gasteiger partial charge in [0.05, 0.1) is 12.3 Å². The Bertz CT molecular complexity index is 863. The summed E-state index contributed by atoms with van der Waals surface area (Å²) in [5.41, 5.74) is 2.65. The summed E-state index contributed by atoms with van der Waals surface area (Å²) in [4.78, 5) is 29.6. The minimum atomic E-state index is -0.353. The standard InChI is InChI=1S/C19H23ClN4O3/c1-12-6-7-13(11-14(12)20)22-19(26)17-23-16(18(25)21-8-10-27-2)15-5-3-4-9-24(15)17/h6-7,11H,3-5,8-10H2,1-2H3,(H,21,25)(H,22,26). The Balaban J connectivity index is 1.85. The molecule has 1 aromatic carbocycles. The average Bonchev–Trinajstić information content (AvgIpc) is 3.05. The Labute approximate surface area is 163 Å². The van der Waals surface area contributed by atoms with Crippen molar-refractivity contribution in [3.05, 3.63) is 46.0 Å². The summed E-state index contributed by atoms with van der Waals surface area (Å²) in [6, 6.07) is 5.33. The van der Waals surface area contributed by atoms with E-state index in [1.807, 2.05) is 17.6 Å². The van der Waals surface area contributed by atoms with Crippen LogP contribution >= 0.6 is 11.6 Å². The molecule has 1 aliphatic heterocycles. The molecule has 27 heavy (non-hydrogen) atoms. The summed E-state index contributed by atoms with van der Waals surface area (Å²) >= 11 is 6.13. The highest BCUT2D eigenvalue weighted by atomic mass is 35.5. The predicted octanol–water partition coefficient (Wildman–Crippen LogP) is 2.81. The molecule has 8 heteroatoms. The molecule has 0 fully saturated rings. The molecule has 144 valence electrons. The zero-order valence-electron chi connectivity index (χ0n) is 15.5. The molecule has 0 aliphatic carbocycles. The van der Waals surface area contributed by atoms with Crippen molar-refractivity contribution >= 4 is 29.1 Å². The first-order valence-corrected chi connectivity index (χ1v) is 9.33. The van der Waals surface area contributed by atoms with E-state index >= 15 is 0 Å². The van der Waals surface area contributed by atoms with E-state index in [0.29, 0.717) is 36.1 Å². The fraction of sp³-hybridized carbons (Fsp3) is 0.421. The van der Waals surface area contributed by atoms with Gasteiger partial charge in [0.1, 0.15) is 5.69 Å². The highest BCUT2D eigenvalue weighted by Gasteiger charge is 2.27. The molecule has 1 aromatic heterocycles. The first-order valence-electron chi connectivity index (χ1n) is 8.95. The SMILES string of the molecule is COCCNC(=O)c1nc(C(=O)Nc2ccc(C)c(Cl)c2)n2c1CCCC2. The molecule has 7 nitrogen and oxygen atoms in total. The minimum absolute atomic E-state index is 0.248. The number of carbonyl (C=O) groups is 2. The van der Waals surface area contributed by atoms with Gasteiger partial charge < -0.3 is 19.9 Å². The number of aromatic nitrogens is 2. The van der Waals surface area contributed by atoms with E-state index < -0.39 is 0 Å². The number of aryl methyl sites for hydroxylation is 1. The second-order valence-corrected chi connectivity index (χ2v) is 6.91. The van der Waals surface area contributed by atoms with Crippen LogP contribution in [0.15, 0.2) is 18.2 Å². The van der Waals surface area contributed by atoms with Gasteiger partial charge in [0.2, 0.25) is 0 Å². The number of halogens is 1. The number of nitrogens with one attached hydrogen (secondary N) is 2. The number of hydrogen-bond acceptors (Lipinski definition) is 4. The van der Waals surface area contributed by atoms with Crippen molar-refractivity contribution in [1.29, 1.82) is 0 Å². The van der Waals surface area contributed by atoms with Gasteiger partial charge in [0.15, 0.2) is 5.82 Å². The molecule has 0 saturated heterocycles. The van der Waals surface area contributed by atoms with Gasteiger partial charge in [0, 0.05) is 30.9 Å². The number of anilines is 1. The lowest BCUT2D eigenvalue weighted by Gasteiger charge is -2.17. The van der Waals surface area contributed by atoms with Gasteiger partial charge in [-0.15, -0.1) is 0 Å². The quantitative estimate of drug-likeness (QED) is 0.743. The van der Waals surface area contributed by atoms with Gasteiger partial charge >= 0.3 is 0 Å². The fourth-order valence-electron chi connectivity index (χ4n) is 3.11. The first kappa shape index (κ1) is 19.4. The Morgan fingerprint density at radius 2 is 2.11 bits per heavy atom. The summed E-state index contributed by atoms with van der Waals surface area (Å²) in [6.07, 6.45) is 2.65. The Morgan fingerprint density at radius 3 is 2.85 bits per heavy atom. The summed E-state index contributed by atoms with van der Waals surface area (Å²) in [5.74, 6) is -0.387. The van der Waals surface area contributed by atoms with Crippen molar-refractivity contribution in [2.24, 2.45) is 0 Å². The van der Waals surface area contributed by atoms with Crippen molar-refractivity contribution in [2.75, 3.05) is 25.6 Å². The maximum Gasteiger partial charge on any atom is 0.291 e. The molecule has 3 rings (SSSR count).